The van der Waals surface area contributed by atoms with Crippen molar-refractivity contribution in [3.8, 4) is 0 Å². The number of sulfonamides is 2. The maximum Gasteiger partial charge on any atom is 0.269 e. The minimum absolute atomic E-state index is 0.200. The molecule has 10 heteroatoms. The van der Waals surface area contributed by atoms with Crippen LogP contribution in [0.4, 0.5) is 5.69 Å². The highest BCUT2D eigenvalue weighted by Gasteiger charge is 2.24. The summed E-state index contributed by atoms with van der Waals surface area (Å²) < 4.78 is 50.0. The smallest absolute Gasteiger partial charge is 0.258 e. The van der Waals surface area contributed by atoms with E-state index in [0.717, 1.165) is 29.8 Å². The minimum atomic E-state index is -4.38. The topological polar surface area (TPSA) is 123 Å². The van der Waals surface area contributed by atoms with E-state index in [1.165, 1.54) is 24.3 Å². The van der Waals surface area contributed by atoms with E-state index in [4.69, 9.17) is 0 Å². The number of nitro benzene ring substituents is 1. The van der Waals surface area contributed by atoms with Crippen LogP contribution in [0, 0.1) is 17.0 Å². The fourth-order valence-corrected chi connectivity index (χ4v) is 4.62. The van der Waals surface area contributed by atoms with Crippen LogP contribution in [-0.4, -0.2) is 21.8 Å². The molecule has 2 rings (SSSR count). The molecule has 8 nitrogen and oxygen atoms in total. The zero-order valence-electron chi connectivity index (χ0n) is 11.8. The van der Waals surface area contributed by atoms with Crippen LogP contribution in [0.1, 0.15) is 5.56 Å². The first-order valence-electron chi connectivity index (χ1n) is 6.21. The molecule has 0 aliphatic rings. The van der Waals surface area contributed by atoms with Gasteiger partial charge in [0.05, 0.1) is 14.7 Å². The average Bonchev–Trinajstić information content (AvgIpc) is 2.46. The summed E-state index contributed by atoms with van der Waals surface area (Å²) in [5, 5.41) is 10.5. The normalized spacial score (nSPS) is 12.0. The van der Waals surface area contributed by atoms with Crippen LogP contribution in [0.15, 0.2) is 58.3 Å². The predicted octanol–water partition coefficient (Wildman–Crippen LogP) is 1.57. The summed E-state index contributed by atoms with van der Waals surface area (Å²) in [6.07, 6.45) is 0. The van der Waals surface area contributed by atoms with Crippen LogP contribution in [0.5, 0.6) is 0 Å². The van der Waals surface area contributed by atoms with Gasteiger partial charge < -0.3 is 0 Å². The number of rotatable bonds is 5. The first-order valence-corrected chi connectivity index (χ1v) is 9.18. The van der Waals surface area contributed by atoms with Crippen LogP contribution >= 0.6 is 0 Å². The van der Waals surface area contributed by atoms with Gasteiger partial charge in [-0.3, -0.25) is 10.1 Å². The maximum absolute atomic E-state index is 12.1. The molecule has 0 atom stereocenters. The number of hydrogen-bond acceptors (Lipinski definition) is 6. The molecule has 0 unspecified atom stereocenters. The van der Waals surface area contributed by atoms with Crippen LogP contribution in [-0.2, 0) is 20.0 Å². The number of non-ortho nitro benzene ring substituents is 1. The molecule has 0 amide bonds. The molecule has 23 heavy (non-hydrogen) atoms. The van der Waals surface area contributed by atoms with E-state index in [2.05, 4.69) is 0 Å². The lowest BCUT2D eigenvalue weighted by Gasteiger charge is -2.08. The zero-order valence-corrected chi connectivity index (χ0v) is 13.5. The number of benzene rings is 2. The van der Waals surface area contributed by atoms with Gasteiger partial charge in [0.15, 0.2) is 0 Å². The molecule has 0 fully saturated rings. The Morgan fingerprint density at radius 1 is 0.826 bits per heavy atom. The van der Waals surface area contributed by atoms with Gasteiger partial charge in [-0.15, -0.1) is 4.13 Å². The molecule has 1 N–H and O–H groups in total. The van der Waals surface area contributed by atoms with Gasteiger partial charge in [-0.1, -0.05) is 17.7 Å². The van der Waals surface area contributed by atoms with Crippen molar-refractivity contribution in [2.24, 2.45) is 0 Å². The zero-order chi connectivity index (χ0) is 17.3. The van der Waals surface area contributed by atoms with E-state index >= 15 is 0 Å². The first kappa shape index (κ1) is 17.1. The summed E-state index contributed by atoms with van der Waals surface area (Å²) in [4.78, 5) is 9.27. The quantitative estimate of drug-likeness (QED) is 0.640. The minimum Gasteiger partial charge on any atom is -0.258 e. The summed E-state index contributed by atoms with van der Waals surface area (Å²) in [5.74, 6) is 0. The molecule has 0 spiro atoms. The lowest BCUT2D eigenvalue weighted by Crippen LogP contribution is -2.30. The molecule has 0 aliphatic carbocycles. The van der Waals surface area contributed by atoms with Gasteiger partial charge in [0, 0.05) is 12.1 Å². The van der Waals surface area contributed by atoms with Gasteiger partial charge in [0.1, 0.15) is 0 Å². The van der Waals surface area contributed by atoms with Crippen LogP contribution in [0.2, 0.25) is 0 Å². The second kappa shape index (κ2) is 6.07. The molecule has 0 aliphatic heterocycles. The van der Waals surface area contributed by atoms with Crippen molar-refractivity contribution in [3.63, 3.8) is 0 Å². The second-order valence-corrected chi connectivity index (χ2v) is 8.28. The lowest BCUT2D eigenvalue weighted by molar-refractivity contribution is -0.384. The van der Waals surface area contributed by atoms with Crippen molar-refractivity contribution in [1.82, 2.24) is 4.13 Å². The van der Waals surface area contributed by atoms with Crippen LogP contribution in [0.25, 0.3) is 0 Å². The van der Waals surface area contributed by atoms with E-state index < -0.39 is 29.9 Å². The van der Waals surface area contributed by atoms with Crippen molar-refractivity contribution in [1.29, 1.82) is 0 Å². The Morgan fingerprint density at radius 2 is 1.22 bits per heavy atom. The summed E-state index contributed by atoms with van der Waals surface area (Å²) in [7, 11) is -8.66. The Hall–Kier alpha value is -2.30. The second-order valence-electron chi connectivity index (χ2n) is 4.65. The standard InChI is InChI=1S/C13H12N2O6S2/c1-10-2-6-12(7-3-10)22(18,19)14-23(20,21)13-8-4-11(5-9-13)15(16)17/h2-9,14H,1H3. The number of nitrogens with one attached hydrogen (secondary N) is 1. The molecule has 0 radical (unpaired) electrons. The highest BCUT2D eigenvalue weighted by molar-refractivity contribution is 8.04. The molecule has 0 saturated heterocycles. The molecule has 2 aromatic rings. The lowest BCUT2D eigenvalue weighted by atomic mass is 10.2. The largest absolute Gasteiger partial charge is 0.269 e. The third-order valence-corrected chi connectivity index (χ3v) is 6.45. The third kappa shape index (κ3) is 3.92. The summed E-state index contributed by atoms with van der Waals surface area (Å²) in [5.41, 5.74) is 0.521. The van der Waals surface area contributed by atoms with E-state index in [1.54, 1.807) is 11.1 Å². The predicted molar refractivity (Wildman–Crippen MR) is 81.8 cm³/mol. The van der Waals surface area contributed by atoms with E-state index in [-0.39, 0.29) is 10.6 Å². The van der Waals surface area contributed by atoms with E-state index in [9.17, 15) is 26.9 Å². The fraction of sp³-hybridized carbons (Fsp3) is 0.0769. The molecular weight excluding hydrogens is 344 g/mol. The fourth-order valence-electron chi connectivity index (χ4n) is 1.71. The molecule has 2 aromatic carbocycles. The SMILES string of the molecule is Cc1ccc(S(=O)(=O)NS(=O)(=O)c2ccc([N+](=O)[O-])cc2)cc1. The molecule has 0 heterocycles. The first-order chi connectivity index (χ1) is 10.6. The van der Waals surface area contributed by atoms with Gasteiger partial charge in [0.25, 0.3) is 25.7 Å². The number of aryl methyl sites for hydroxylation is 1. The van der Waals surface area contributed by atoms with Crippen molar-refractivity contribution in [2.45, 2.75) is 16.7 Å². The van der Waals surface area contributed by atoms with Gasteiger partial charge >= 0.3 is 0 Å². The Bertz CT molecular complexity index is 933. The van der Waals surface area contributed by atoms with Crippen LogP contribution < -0.4 is 4.13 Å². The molecule has 122 valence electrons. The number of hydrogen-bond donors (Lipinski definition) is 1. The number of nitro groups is 1. The molecule has 0 saturated carbocycles. The summed E-state index contributed by atoms with van der Waals surface area (Å²) in [6.45, 7) is 1.76. The Morgan fingerprint density at radius 3 is 1.61 bits per heavy atom. The maximum atomic E-state index is 12.1. The Balaban J connectivity index is 2.33. The monoisotopic (exact) mass is 356 g/mol. The summed E-state index contributed by atoms with van der Waals surface area (Å²) >= 11 is 0. The highest BCUT2D eigenvalue weighted by Crippen LogP contribution is 2.18. The number of nitrogens with zero attached hydrogens (tertiary/aromatic N) is 1. The van der Waals surface area contributed by atoms with Gasteiger partial charge in [-0.25, -0.2) is 16.8 Å². The van der Waals surface area contributed by atoms with Gasteiger partial charge in [-0.2, -0.15) is 0 Å². The van der Waals surface area contributed by atoms with E-state index in [1.807, 2.05) is 0 Å². The Labute approximate surface area is 133 Å². The average molecular weight is 356 g/mol. The molecular formula is C13H12N2O6S2. The van der Waals surface area contributed by atoms with Crippen molar-refractivity contribution in [2.75, 3.05) is 0 Å². The Kier molecular flexibility index (Phi) is 4.50. The van der Waals surface area contributed by atoms with Crippen LogP contribution in [0.3, 0.4) is 0 Å². The highest BCUT2D eigenvalue weighted by atomic mass is 32.3. The van der Waals surface area contributed by atoms with Gasteiger partial charge in [0.2, 0.25) is 0 Å². The van der Waals surface area contributed by atoms with Gasteiger partial charge in [-0.05, 0) is 31.2 Å². The van der Waals surface area contributed by atoms with E-state index in [0.29, 0.717) is 0 Å². The molecule has 0 bridgehead atoms. The summed E-state index contributed by atoms with van der Waals surface area (Å²) in [6, 6.07) is 9.52. The van der Waals surface area contributed by atoms with Crippen molar-refractivity contribution >= 4 is 25.7 Å². The third-order valence-electron chi connectivity index (χ3n) is 2.91. The van der Waals surface area contributed by atoms with Crippen molar-refractivity contribution < 1.29 is 21.8 Å². The molecule has 0 aromatic heterocycles. The van der Waals surface area contributed by atoms with Crippen molar-refractivity contribution in [3.05, 3.63) is 64.2 Å².